The second kappa shape index (κ2) is 4.58. The van der Waals surface area contributed by atoms with Gasteiger partial charge in [0.05, 0.1) is 18.3 Å². The lowest BCUT2D eigenvalue weighted by Gasteiger charge is -2.43. The zero-order valence-electron chi connectivity index (χ0n) is 11.0. The van der Waals surface area contributed by atoms with E-state index in [1.165, 1.54) is 12.8 Å². The second-order valence-corrected chi connectivity index (χ2v) is 6.03. The fourth-order valence-corrected chi connectivity index (χ4v) is 2.64. The summed E-state index contributed by atoms with van der Waals surface area (Å²) in [5.41, 5.74) is -0.357. The molecule has 2 unspecified atom stereocenters. The highest BCUT2D eigenvalue weighted by Crippen LogP contribution is 2.38. The van der Waals surface area contributed by atoms with Crippen molar-refractivity contribution >= 4 is 5.91 Å². The molecule has 98 valence electrons. The molecule has 4 nitrogen and oxygen atoms in total. The average Bonchev–Trinajstić information content (AvgIpc) is 3.08. The smallest absolute Gasteiger partial charge is 0.225 e. The Morgan fingerprint density at radius 3 is 2.71 bits per heavy atom. The molecule has 1 saturated carbocycles. The predicted octanol–water partition coefficient (Wildman–Crippen LogP) is 1.03. The first-order valence-electron chi connectivity index (χ1n) is 6.50. The second-order valence-electron chi connectivity index (χ2n) is 6.03. The van der Waals surface area contributed by atoms with Gasteiger partial charge in [0.2, 0.25) is 5.91 Å². The molecule has 0 aromatic heterocycles. The fraction of sp³-hybridized carbons (Fsp3) is 0.923. The maximum absolute atomic E-state index is 12.3. The van der Waals surface area contributed by atoms with E-state index in [1.54, 1.807) is 0 Å². The molecule has 1 N–H and O–H groups in total. The number of nitrogens with zero attached hydrogens (tertiary/aromatic N) is 1. The summed E-state index contributed by atoms with van der Waals surface area (Å²) in [4.78, 5) is 14.2. The van der Waals surface area contributed by atoms with Gasteiger partial charge in [0, 0.05) is 19.0 Å². The lowest BCUT2D eigenvalue weighted by molar-refractivity contribution is -0.169. The maximum Gasteiger partial charge on any atom is 0.225 e. The fourth-order valence-electron chi connectivity index (χ4n) is 2.64. The number of carbonyl (C=O) groups excluding carboxylic acids is 1. The molecule has 17 heavy (non-hydrogen) atoms. The Kier molecular flexibility index (Phi) is 3.46. The van der Waals surface area contributed by atoms with Gasteiger partial charge in [-0.15, -0.1) is 0 Å². The number of amides is 1. The molecule has 2 aliphatic rings. The van der Waals surface area contributed by atoms with Gasteiger partial charge in [-0.2, -0.15) is 0 Å². The largest absolute Gasteiger partial charge is 0.394 e. The molecule has 4 heteroatoms. The van der Waals surface area contributed by atoms with Crippen LogP contribution in [0.15, 0.2) is 0 Å². The molecule has 1 aliphatic carbocycles. The third-order valence-corrected chi connectivity index (χ3v) is 3.72. The summed E-state index contributed by atoms with van der Waals surface area (Å²) >= 11 is 0. The monoisotopic (exact) mass is 241 g/mol. The first-order valence-corrected chi connectivity index (χ1v) is 6.50. The minimum absolute atomic E-state index is 0.0228. The van der Waals surface area contributed by atoms with E-state index in [9.17, 15) is 9.90 Å². The van der Waals surface area contributed by atoms with Crippen LogP contribution >= 0.6 is 0 Å². The molecule has 1 heterocycles. The summed E-state index contributed by atoms with van der Waals surface area (Å²) < 4.78 is 5.72. The summed E-state index contributed by atoms with van der Waals surface area (Å²) in [6, 6.07) is 0. The van der Waals surface area contributed by atoms with Crippen molar-refractivity contribution in [2.24, 2.45) is 11.8 Å². The van der Waals surface area contributed by atoms with E-state index in [1.807, 2.05) is 25.7 Å². The molecule has 2 rings (SSSR count). The van der Waals surface area contributed by atoms with E-state index >= 15 is 0 Å². The first-order chi connectivity index (χ1) is 7.93. The highest BCUT2D eigenvalue weighted by Gasteiger charge is 2.40. The highest BCUT2D eigenvalue weighted by molar-refractivity contribution is 5.79. The quantitative estimate of drug-likeness (QED) is 0.803. The van der Waals surface area contributed by atoms with Crippen LogP contribution in [-0.2, 0) is 9.53 Å². The molecule has 1 aliphatic heterocycles. The minimum atomic E-state index is -0.357. The Hall–Kier alpha value is -0.610. The van der Waals surface area contributed by atoms with E-state index in [2.05, 4.69) is 0 Å². The Morgan fingerprint density at radius 2 is 2.18 bits per heavy atom. The van der Waals surface area contributed by atoms with Gasteiger partial charge in [-0.25, -0.2) is 0 Å². The topological polar surface area (TPSA) is 49.8 Å². The van der Waals surface area contributed by atoms with Gasteiger partial charge in [-0.3, -0.25) is 4.79 Å². The van der Waals surface area contributed by atoms with E-state index < -0.39 is 0 Å². The van der Waals surface area contributed by atoms with Gasteiger partial charge in [-0.1, -0.05) is 6.92 Å². The zero-order chi connectivity index (χ0) is 12.6. The van der Waals surface area contributed by atoms with Gasteiger partial charge in [0.1, 0.15) is 0 Å². The number of hydrogen-bond donors (Lipinski definition) is 1. The van der Waals surface area contributed by atoms with Crippen molar-refractivity contribution in [3.63, 3.8) is 0 Å². The van der Waals surface area contributed by atoms with Crippen LogP contribution in [0.5, 0.6) is 0 Å². The van der Waals surface area contributed by atoms with Crippen LogP contribution in [0.3, 0.4) is 0 Å². The summed E-state index contributed by atoms with van der Waals surface area (Å²) in [7, 11) is 0. The third kappa shape index (κ3) is 2.99. The van der Waals surface area contributed by atoms with E-state index in [4.69, 9.17) is 4.74 Å². The van der Waals surface area contributed by atoms with Crippen molar-refractivity contribution in [3.8, 4) is 0 Å². The number of carbonyl (C=O) groups is 1. The van der Waals surface area contributed by atoms with Crippen molar-refractivity contribution in [3.05, 3.63) is 0 Å². The summed E-state index contributed by atoms with van der Waals surface area (Å²) in [6.07, 6.45) is 2.13. The number of aliphatic hydroxyl groups is 1. The van der Waals surface area contributed by atoms with Crippen LogP contribution in [0.4, 0.5) is 0 Å². The molecule has 2 fully saturated rings. The van der Waals surface area contributed by atoms with E-state index in [0.717, 1.165) is 0 Å². The molecule has 2 atom stereocenters. The van der Waals surface area contributed by atoms with Crippen LogP contribution < -0.4 is 0 Å². The van der Waals surface area contributed by atoms with Gasteiger partial charge in [0.15, 0.2) is 0 Å². The lowest BCUT2D eigenvalue weighted by atomic mass is 10.0. The van der Waals surface area contributed by atoms with Crippen LogP contribution in [0.25, 0.3) is 0 Å². The van der Waals surface area contributed by atoms with Crippen LogP contribution in [-0.4, -0.2) is 47.3 Å². The van der Waals surface area contributed by atoms with Crippen molar-refractivity contribution in [2.75, 3.05) is 19.7 Å². The van der Waals surface area contributed by atoms with Crippen LogP contribution in [0.2, 0.25) is 0 Å². The van der Waals surface area contributed by atoms with Crippen LogP contribution in [0, 0.1) is 11.8 Å². The minimum Gasteiger partial charge on any atom is -0.394 e. The maximum atomic E-state index is 12.3. The van der Waals surface area contributed by atoms with Gasteiger partial charge in [-0.05, 0) is 32.6 Å². The molecule has 0 aromatic carbocycles. The van der Waals surface area contributed by atoms with E-state index in [-0.39, 0.29) is 30.1 Å². The Labute approximate surface area is 103 Å². The number of hydrogen-bond acceptors (Lipinski definition) is 3. The highest BCUT2D eigenvalue weighted by atomic mass is 16.5. The Balaban J connectivity index is 2.01. The summed E-state index contributed by atoms with van der Waals surface area (Å²) in [6.45, 7) is 7.09. The van der Waals surface area contributed by atoms with Crippen molar-refractivity contribution in [2.45, 2.75) is 45.3 Å². The number of aliphatic hydroxyl groups excluding tert-OH is 1. The number of morpholine rings is 1. The van der Waals surface area contributed by atoms with Crippen molar-refractivity contribution < 1.29 is 14.6 Å². The van der Waals surface area contributed by atoms with E-state index in [0.29, 0.717) is 19.0 Å². The lowest BCUT2D eigenvalue weighted by Crippen LogP contribution is -2.56. The standard InChI is InChI=1S/C13H23NO3/c1-9(10-4-5-10)12(16)14-6-11(7-15)17-13(2,3)8-14/h9-11,15H,4-8H2,1-3H3. The van der Waals surface area contributed by atoms with Gasteiger partial charge in [0.25, 0.3) is 0 Å². The average molecular weight is 241 g/mol. The zero-order valence-corrected chi connectivity index (χ0v) is 11.0. The molecular formula is C13H23NO3. The number of rotatable bonds is 3. The molecule has 0 aromatic rings. The third-order valence-electron chi connectivity index (χ3n) is 3.72. The Morgan fingerprint density at radius 1 is 1.53 bits per heavy atom. The summed E-state index contributed by atoms with van der Waals surface area (Å²) in [5.74, 6) is 0.937. The predicted molar refractivity (Wildman–Crippen MR) is 64.5 cm³/mol. The van der Waals surface area contributed by atoms with Crippen molar-refractivity contribution in [1.82, 2.24) is 4.90 Å². The van der Waals surface area contributed by atoms with Gasteiger partial charge >= 0.3 is 0 Å². The Bertz CT molecular complexity index is 299. The molecule has 1 amide bonds. The van der Waals surface area contributed by atoms with Crippen LogP contribution in [0.1, 0.15) is 33.6 Å². The molecule has 0 bridgehead atoms. The molecular weight excluding hydrogens is 218 g/mol. The SMILES string of the molecule is CC(C(=O)N1CC(CO)OC(C)(C)C1)C1CC1. The number of ether oxygens (including phenoxy) is 1. The molecule has 0 radical (unpaired) electrons. The summed E-state index contributed by atoms with van der Waals surface area (Å²) in [5, 5.41) is 9.22. The van der Waals surface area contributed by atoms with Gasteiger partial charge < -0.3 is 14.7 Å². The molecule has 1 saturated heterocycles. The first kappa shape index (κ1) is 12.8. The molecule has 0 spiro atoms. The normalized spacial score (nSPS) is 30.1. The van der Waals surface area contributed by atoms with Crippen molar-refractivity contribution in [1.29, 1.82) is 0 Å².